The molecule has 0 atom stereocenters. The van der Waals surface area contributed by atoms with E-state index in [0.29, 0.717) is 6.54 Å². The molecule has 2 N–H and O–H groups in total. The van der Waals surface area contributed by atoms with E-state index in [4.69, 9.17) is 0 Å². The number of nitrogens with one attached hydrogen (secondary N) is 2. The highest BCUT2D eigenvalue weighted by molar-refractivity contribution is 5.95. The maximum Gasteiger partial charge on any atom is 0.389 e. The number of halogens is 4. The van der Waals surface area contributed by atoms with Gasteiger partial charge in [-0.2, -0.15) is 13.2 Å². The lowest BCUT2D eigenvalue weighted by Crippen LogP contribution is -2.26. The number of hydrogen-bond acceptors (Lipinski definition) is 3. The summed E-state index contributed by atoms with van der Waals surface area (Å²) in [4.78, 5) is 15.4. The molecule has 1 amide bonds. The molecule has 112 valence electrons. The molecule has 0 spiro atoms. The first kappa shape index (κ1) is 16.2. The van der Waals surface area contributed by atoms with E-state index >= 15 is 0 Å². The predicted octanol–water partition coefficient (Wildman–Crippen LogP) is 2.72. The quantitative estimate of drug-likeness (QED) is 0.626. The fraction of sp³-hybridized carbons (Fsp3) is 0.500. The molecular weight excluding hydrogens is 278 g/mol. The van der Waals surface area contributed by atoms with Crippen molar-refractivity contribution in [3.8, 4) is 0 Å². The second-order valence-corrected chi connectivity index (χ2v) is 4.03. The Labute approximate surface area is 113 Å². The zero-order chi connectivity index (χ0) is 15.2. The zero-order valence-electron chi connectivity index (χ0n) is 10.9. The molecule has 0 saturated heterocycles. The first-order valence-corrected chi connectivity index (χ1v) is 6.08. The lowest BCUT2D eigenvalue weighted by atomic mass is 10.2. The summed E-state index contributed by atoms with van der Waals surface area (Å²) in [7, 11) is 0. The summed E-state index contributed by atoms with van der Waals surface area (Å²) in [5.74, 6) is -1.63. The third-order valence-corrected chi connectivity index (χ3v) is 2.40. The highest BCUT2D eigenvalue weighted by Gasteiger charge is 2.26. The molecule has 20 heavy (non-hydrogen) atoms. The molecule has 0 aliphatic rings. The van der Waals surface area contributed by atoms with Crippen LogP contribution in [0.25, 0.3) is 0 Å². The molecule has 1 aromatic rings. The zero-order valence-corrected chi connectivity index (χ0v) is 10.9. The maximum atomic E-state index is 13.8. The van der Waals surface area contributed by atoms with Crippen LogP contribution in [0.5, 0.6) is 0 Å². The van der Waals surface area contributed by atoms with E-state index in [-0.39, 0.29) is 24.3 Å². The molecule has 8 heteroatoms. The number of alkyl halides is 3. The van der Waals surface area contributed by atoms with E-state index in [0.717, 1.165) is 0 Å². The Morgan fingerprint density at radius 1 is 1.40 bits per heavy atom. The van der Waals surface area contributed by atoms with Crippen LogP contribution in [-0.4, -0.2) is 30.2 Å². The van der Waals surface area contributed by atoms with Gasteiger partial charge in [0.25, 0.3) is 5.91 Å². The van der Waals surface area contributed by atoms with Crippen molar-refractivity contribution in [3.05, 3.63) is 23.6 Å². The number of nitrogens with zero attached hydrogens (tertiary/aromatic N) is 1. The van der Waals surface area contributed by atoms with Gasteiger partial charge < -0.3 is 10.6 Å². The van der Waals surface area contributed by atoms with Gasteiger partial charge in [0.2, 0.25) is 0 Å². The first-order chi connectivity index (χ1) is 9.35. The summed E-state index contributed by atoms with van der Waals surface area (Å²) in [6.07, 6.45) is -4.24. The van der Waals surface area contributed by atoms with Crippen LogP contribution in [0.15, 0.2) is 12.3 Å². The molecule has 1 heterocycles. The number of hydrogen-bond donors (Lipinski definition) is 2. The van der Waals surface area contributed by atoms with Crippen molar-refractivity contribution >= 4 is 11.7 Å². The Bertz CT molecular complexity index is 463. The highest BCUT2D eigenvalue weighted by atomic mass is 19.4. The number of carbonyl (C=O) groups is 1. The Morgan fingerprint density at radius 3 is 2.70 bits per heavy atom. The first-order valence-electron chi connectivity index (χ1n) is 6.08. The molecule has 4 nitrogen and oxygen atoms in total. The van der Waals surface area contributed by atoms with Crippen molar-refractivity contribution in [3.63, 3.8) is 0 Å². The summed E-state index contributed by atoms with van der Waals surface area (Å²) in [6.45, 7) is 2.00. The summed E-state index contributed by atoms with van der Waals surface area (Å²) in [6, 6.07) is 1.18. The van der Waals surface area contributed by atoms with Crippen LogP contribution in [0.2, 0.25) is 0 Å². The van der Waals surface area contributed by atoms with Crippen LogP contribution in [0.1, 0.15) is 30.1 Å². The van der Waals surface area contributed by atoms with Gasteiger partial charge in [-0.25, -0.2) is 9.37 Å². The summed E-state index contributed by atoms with van der Waals surface area (Å²) in [5, 5.41) is 4.89. The molecule has 0 radical (unpaired) electrons. The third kappa shape index (κ3) is 5.02. The maximum absolute atomic E-state index is 13.8. The number of anilines is 1. The number of pyridine rings is 1. The number of amides is 1. The molecule has 0 aliphatic heterocycles. The standard InChI is InChI=1S/C12H15F4N3O/c1-2-17-10-9(13)8(4-7-18-10)11(20)19-6-3-5-12(14,15)16/h4,7H,2-3,5-6H2,1H3,(H,17,18)(H,19,20). The van der Waals surface area contributed by atoms with Crippen LogP contribution < -0.4 is 10.6 Å². The van der Waals surface area contributed by atoms with Gasteiger partial charge in [0.05, 0.1) is 5.56 Å². The lowest BCUT2D eigenvalue weighted by Gasteiger charge is -2.10. The minimum atomic E-state index is -4.26. The van der Waals surface area contributed by atoms with E-state index in [1.54, 1.807) is 6.92 Å². The van der Waals surface area contributed by atoms with Gasteiger partial charge in [-0.3, -0.25) is 4.79 Å². The number of carbonyl (C=O) groups excluding carboxylic acids is 1. The van der Waals surface area contributed by atoms with Crippen molar-refractivity contribution < 1.29 is 22.4 Å². The van der Waals surface area contributed by atoms with Crippen LogP contribution in [-0.2, 0) is 0 Å². The Hall–Kier alpha value is -1.86. The monoisotopic (exact) mass is 293 g/mol. The Kier molecular flexibility index (Phi) is 5.72. The summed E-state index contributed by atoms with van der Waals surface area (Å²) in [5.41, 5.74) is -0.247. The fourth-order valence-electron chi connectivity index (χ4n) is 1.50. The molecule has 0 fully saturated rings. The second kappa shape index (κ2) is 7.06. The van der Waals surface area contributed by atoms with E-state index in [1.807, 2.05) is 0 Å². The van der Waals surface area contributed by atoms with Gasteiger partial charge in [0.1, 0.15) is 0 Å². The molecule has 0 aliphatic carbocycles. The van der Waals surface area contributed by atoms with Crippen LogP contribution in [0, 0.1) is 5.82 Å². The number of rotatable bonds is 6. The van der Waals surface area contributed by atoms with Gasteiger partial charge in [-0.05, 0) is 19.4 Å². The van der Waals surface area contributed by atoms with Crippen molar-refractivity contribution in [1.29, 1.82) is 0 Å². The SMILES string of the molecule is CCNc1nccc(C(=O)NCCCC(F)(F)F)c1F. The van der Waals surface area contributed by atoms with Gasteiger partial charge in [-0.15, -0.1) is 0 Å². The smallest absolute Gasteiger partial charge is 0.368 e. The molecule has 0 saturated carbocycles. The highest BCUT2D eigenvalue weighted by Crippen LogP contribution is 2.20. The Balaban J connectivity index is 2.57. The lowest BCUT2D eigenvalue weighted by molar-refractivity contribution is -0.135. The van der Waals surface area contributed by atoms with E-state index in [2.05, 4.69) is 15.6 Å². The van der Waals surface area contributed by atoms with E-state index < -0.39 is 24.3 Å². The largest absolute Gasteiger partial charge is 0.389 e. The van der Waals surface area contributed by atoms with Crippen LogP contribution >= 0.6 is 0 Å². The summed E-state index contributed by atoms with van der Waals surface area (Å²) >= 11 is 0. The molecule has 0 bridgehead atoms. The van der Waals surface area contributed by atoms with Gasteiger partial charge in [0, 0.05) is 25.7 Å². The molecule has 1 rings (SSSR count). The summed E-state index contributed by atoms with van der Waals surface area (Å²) < 4.78 is 49.6. The van der Waals surface area contributed by atoms with Gasteiger partial charge in [0.15, 0.2) is 11.6 Å². The molecular formula is C12H15F4N3O. The van der Waals surface area contributed by atoms with Gasteiger partial charge in [-0.1, -0.05) is 0 Å². The minimum Gasteiger partial charge on any atom is -0.368 e. The third-order valence-electron chi connectivity index (χ3n) is 2.40. The fourth-order valence-corrected chi connectivity index (χ4v) is 1.50. The van der Waals surface area contributed by atoms with Crippen molar-refractivity contribution in [2.45, 2.75) is 25.9 Å². The van der Waals surface area contributed by atoms with Crippen molar-refractivity contribution in [2.75, 3.05) is 18.4 Å². The average Bonchev–Trinajstić information content (AvgIpc) is 2.36. The average molecular weight is 293 g/mol. The van der Waals surface area contributed by atoms with Crippen molar-refractivity contribution in [2.24, 2.45) is 0 Å². The molecule has 0 unspecified atom stereocenters. The molecule has 0 aromatic carbocycles. The topological polar surface area (TPSA) is 54.0 Å². The second-order valence-electron chi connectivity index (χ2n) is 4.03. The van der Waals surface area contributed by atoms with E-state index in [1.165, 1.54) is 12.3 Å². The Morgan fingerprint density at radius 2 is 2.10 bits per heavy atom. The van der Waals surface area contributed by atoms with E-state index in [9.17, 15) is 22.4 Å². The van der Waals surface area contributed by atoms with Crippen molar-refractivity contribution in [1.82, 2.24) is 10.3 Å². The van der Waals surface area contributed by atoms with Crippen LogP contribution in [0.4, 0.5) is 23.4 Å². The molecule has 1 aromatic heterocycles. The van der Waals surface area contributed by atoms with Crippen LogP contribution in [0.3, 0.4) is 0 Å². The normalized spacial score (nSPS) is 11.2. The predicted molar refractivity (Wildman–Crippen MR) is 66.0 cm³/mol. The number of aromatic nitrogens is 1. The minimum absolute atomic E-state index is 0.0598. The van der Waals surface area contributed by atoms with Gasteiger partial charge >= 0.3 is 6.18 Å².